The predicted molar refractivity (Wildman–Crippen MR) is 101 cm³/mol. The minimum absolute atomic E-state index is 0.0179. The Kier molecular flexibility index (Phi) is 6.48. The summed E-state index contributed by atoms with van der Waals surface area (Å²) in [4.78, 5) is 16.9. The molecule has 0 radical (unpaired) electrons. The van der Waals surface area contributed by atoms with Gasteiger partial charge in [-0.15, -0.1) is 11.8 Å². The van der Waals surface area contributed by atoms with Crippen LogP contribution in [0.3, 0.4) is 0 Å². The highest BCUT2D eigenvalue weighted by Crippen LogP contribution is 2.43. The number of thioether (sulfide) groups is 1. The Hall–Kier alpha value is -1.40. The average molecular weight is 365 g/mol. The number of methoxy groups -OCH3 is 2. The molecule has 2 heterocycles. The summed E-state index contributed by atoms with van der Waals surface area (Å²) in [6.45, 7) is 4.44. The Morgan fingerprint density at radius 3 is 2.60 bits per heavy atom. The van der Waals surface area contributed by atoms with Crippen molar-refractivity contribution in [1.29, 1.82) is 0 Å². The zero-order valence-electron chi connectivity index (χ0n) is 15.2. The van der Waals surface area contributed by atoms with Gasteiger partial charge in [-0.3, -0.25) is 4.79 Å². The third kappa shape index (κ3) is 4.42. The van der Waals surface area contributed by atoms with Crippen LogP contribution < -0.4 is 9.47 Å². The highest BCUT2D eigenvalue weighted by Gasteiger charge is 2.34. The lowest BCUT2D eigenvalue weighted by molar-refractivity contribution is -0.128. The number of likely N-dealkylation sites (tertiary alicyclic amines) is 1. The van der Waals surface area contributed by atoms with Gasteiger partial charge in [0.1, 0.15) is 16.9 Å². The van der Waals surface area contributed by atoms with Crippen LogP contribution in [0.1, 0.15) is 36.6 Å². The third-order valence-electron chi connectivity index (χ3n) is 4.99. The van der Waals surface area contributed by atoms with E-state index in [9.17, 15) is 4.79 Å². The SMILES string of the molecule is COc1ccc(OC)c(C2SCC(=O)N2CCCCN2CCCC2)c1. The molecule has 2 saturated heterocycles. The molecule has 1 unspecified atom stereocenters. The number of rotatable bonds is 8. The molecule has 0 aliphatic carbocycles. The number of hydrogen-bond donors (Lipinski definition) is 0. The van der Waals surface area contributed by atoms with E-state index in [0.717, 1.165) is 43.0 Å². The van der Waals surface area contributed by atoms with E-state index in [1.165, 1.54) is 25.9 Å². The Labute approximate surface area is 154 Å². The van der Waals surface area contributed by atoms with Gasteiger partial charge in [0, 0.05) is 12.1 Å². The summed E-state index contributed by atoms with van der Waals surface area (Å²) in [6, 6.07) is 5.81. The maximum absolute atomic E-state index is 12.4. The first-order valence-corrected chi connectivity index (χ1v) is 10.1. The highest BCUT2D eigenvalue weighted by atomic mass is 32.2. The maximum Gasteiger partial charge on any atom is 0.233 e. The number of hydrogen-bond acceptors (Lipinski definition) is 5. The fraction of sp³-hybridized carbons (Fsp3) is 0.632. The van der Waals surface area contributed by atoms with E-state index >= 15 is 0 Å². The lowest BCUT2D eigenvalue weighted by atomic mass is 10.1. The minimum Gasteiger partial charge on any atom is -0.497 e. The van der Waals surface area contributed by atoms with E-state index in [2.05, 4.69) is 4.90 Å². The van der Waals surface area contributed by atoms with E-state index in [0.29, 0.717) is 5.75 Å². The summed E-state index contributed by atoms with van der Waals surface area (Å²) in [5.74, 6) is 2.37. The number of nitrogens with zero attached hydrogens (tertiary/aromatic N) is 2. The Morgan fingerprint density at radius 1 is 1.12 bits per heavy atom. The van der Waals surface area contributed by atoms with Crippen LogP contribution in [0.2, 0.25) is 0 Å². The maximum atomic E-state index is 12.4. The van der Waals surface area contributed by atoms with Crippen LogP contribution in [0.15, 0.2) is 18.2 Å². The van der Waals surface area contributed by atoms with Gasteiger partial charge in [0.2, 0.25) is 5.91 Å². The number of benzene rings is 1. The number of amides is 1. The molecule has 2 fully saturated rings. The topological polar surface area (TPSA) is 42.0 Å². The molecular formula is C19H28N2O3S. The second-order valence-corrected chi connectivity index (χ2v) is 7.68. The monoisotopic (exact) mass is 364 g/mol. The van der Waals surface area contributed by atoms with Crippen molar-refractivity contribution in [2.24, 2.45) is 0 Å². The molecule has 5 nitrogen and oxygen atoms in total. The Morgan fingerprint density at radius 2 is 1.88 bits per heavy atom. The van der Waals surface area contributed by atoms with Crippen LogP contribution >= 0.6 is 11.8 Å². The van der Waals surface area contributed by atoms with Crippen LogP contribution in [0, 0.1) is 0 Å². The molecule has 0 spiro atoms. The second-order valence-electron chi connectivity index (χ2n) is 6.61. The molecule has 0 aromatic heterocycles. The quantitative estimate of drug-likeness (QED) is 0.663. The molecule has 1 atom stereocenters. The number of unbranched alkanes of at least 4 members (excludes halogenated alkanes) is 1. The smallest absolute Gasteiger partial charge is 0.233 e. The van der Waals surface area contributed by atoms with Gasteiger partial charge in [0.05, 0.1) is 20.0 Å². The van der Waals surface area contributed by atoms with Gasteiger partial charge in [0.25, 0.3) is 0 Å². The first-order chi connectivity index (χ1) is 12.2. The molecule has 0 bridgehead atoms. The van der Waals surface area contributed by atoms with Gasteiger partial charge in [-0.25, -0.2) is 0 Å². The molecule has 25 heavy (non-hydrogen) atoms. The summed E-state index contributed by atoms with van der Waals surface area (Å²) in [5.41, 5.74) is 1.03. The van der Waals surface area contributed by atoms with Crippen molar-refractivity contribution < 1.29 is 14.3 Å². The number of carbonyl (C=O) groups is 1. The van der Waals surface area contributed by atoms with Gasteiger partial charge in [-0.05, 0) is 63.5 Å². The zero-order valence-corrected chi connectivity index (χ0v) is 16.0. The third-order valence-corrected chi connectivity index (χ3v) is 6.23. The molecule has 1 aromatic carbocycles. The predicted octanol–water partition coefficient (Wildman–Crippen LogP) is 3.15. The fourth-order valence-electron chi connectivity index (χ4n) is 3.61. The molecule has 1 amide bonds. The van der Waals surface area contributed by atoms with Crippen molar-refractivity contribution in [3.8, 4) is 11.5 Å². The van der Waals surface area contributed by atoms with Crippen LogP contribution in [0.4, 0.5) is 0 Å². The lowest BCUT2D eigenvalue weighted by Crippen LogP contribution is -2.30. The van der Waals surface area contributed by atoms with Crippen molar-refractivity contribution in [3.05, 3.63) is 23.8 Å². The normalized spacial score (nSPS) is 21.1. The summed E-state index contributed by atoms with van der Waals surface area (Å²) in [5, 5.41) is 0.0179. The van der Waals surface area contributed by atoms with Crippen molar-refractivity contribution >= 4 is 17.7 Å². The van der Waals surface area contributed by atoms with Gasteiger partial charge < -0.3 is 19.3 Å². The largest absolute Gasteiger partial charge is 0.497 e. The second kappa shape index (κ2) is 8.81. The minimum atomic E-state index is 0.0179. The molecule has 0 saturated carbocycles. The van der Waals surface area contributed by atoms with E-state index < -0.39 is 0 Å². The molecular weight excluding hydrogens is 336 g/mol. The van der Waals surface area contributed by atoms with Gasteiger partial charge in [0.15, 0.2) is 0 Å². The average Bonchev–Trinajstić information content (AvgIpc) is 3.28. The lowest BCUT2D eigenvalue weighted by Gasteiger charge is -2.26. The summed E-state index contributed by atoms with van der Waals surface area (Å²) in [7, 11) is 3.34. The van der Waals surface area contributed by atoms with Crippen LogP contribution in [-0.4, -0.2) is 61.9 Å². The van der Waals surface area contributed by atoms with Gasteiger partial charge in [-0.2, -0.15) is 0 Å². The highest BCUT2D eigenvalue weighted by molar-refractivity contribution is 8.00. The van der Waals surface area contributed by atoms with Crippen LogP contribution in [0.25, 0.3) is 0 Å². The van der Waals surface area contributed by atoms with Crippen LogP contribution in [0.5, 0.6) is 11.5 Å². The summed E-state index contributed by atoms with van der Waals surface area (Å²) < 4.78 is 10.9. The molecule has 2 aliphatic heterocycles. The van der Waals surface area contributed by atoms with Crippen molar-refractivity contribution in [1.82, 2.24) is 9.80 Å². The fourth-order valence-corrected chi connectivity index (χ4v) is 4.84. The molecule has 6 heteroatoms. The van der Waals surface area contributed by atoms with E-state index in [1.54, 1.807) is 26.0 Å². The standard InChI is InChI=1S/C19H28N2O3S/c1-23-15-7-8-17(24-2)16(13-15)19-21(18(22)14-25-19)12-6-5-11-20-9-3-4-10-20/h7-8,13,19H,3-6,9-12,14H2,1-2H3. The van der Waals surface area contributed by atoms with E-state index in [1.807, 2.05) is 23.1 Å². The molecule has 2 aliphatic rings. The van der Waals surface area contributed by atoms with Crippen LogP contribution in [-0.2, 0) is 4.79 Å². The van der Waals surface area contributed by atoms with E-state index in [4.69, 9.17) is 9.47 Å². The first kappa shape index (κ1) is 18.4. The van der Waals surface area contributed by atoms with Crippen molar-refractivity contribution in [2.75, 3.05) is 46.2 Å². The summed E-state index contributed by atoms with van der Waals surface area (Å²) in [6.07, 6.45) is 4.86. The zero-order chi connectivity index (χ0) is 17.6. The number of carbonyl (C=O) groups excluding carboxylic acids is 1. The van der Waals surface area contributed by atoms with E-state index in [-0.39, 0.29) is 11.3 Å². The summed E-state index contributed by atoms with van der Waals surface area (Å²) >= 11 is 1.67. The van der Waals surface area contributed by atoms with Gasteiger partial charge in [-0.1, -0.05) is 0 Å². The first-order valence-electron chi connectivity index (χ1n) is 9.08. The molecule has 0 N–H and O–H groups in total. The Balaban J connectivity index is 1.62. The van der Waals surface area contributed by atoms with Gasteiger partial charge >= 0.3 is 0 Å². The Bertz CT molecular complexity index is 590. The molecule has 3 rings (SSSR count). The molecule has 138 valence electrons. The number of ether oxygens (including phenoxy) is 2. The molecule has 1 aromatic rings. The van der Waals surface area contributed by atoms with Crippen molar-refractivity contribution in [3.63, 3.8) is 0 Å². The van der Waals surface area contributed by atoms with Crippen molar-refractivity contribution in [2.45, 2.75) is 31.1 Å².